The molecule has 3 aromatic rings. The molecule has 0 saturated heterocycles. The molecule has 0 aliphatic heterocycles. The van der Waals surface area contributed by atoms with Gasteiger partial charge in [0.25, 0.3) is 0 Å². The first-order valence-electron chi connectivity index (χ1n) is 10.1. The van der Waals surface area contributed by atoms with E-state index >= 15 is 0 Å². The van der Waals surface area contributed by atoms with Gasteiger partial charge in [0, 0.05) is 5.92 Å². The van der Waals surface area contributed by atoms with E-state index in [2.05, 4.69) is 41.9 Å². The summed E-state index contributed by atoms with van der Waals surface area (Å²) in [6.45, 7) is 6.05. The van der Waals surface area contributed by atoms with E-state index in [1.54, 1.807) is 0 Å². The van der Waals surface area contributed by atoms with Crippen molar-refractivity contribution < 1.29 is 9.53 Å². The number of rotatable bonds is 8. The van der Waals surface area contributed by atoms with Crippen LogP contribution in [0.1, 0.15) is 44.0 Å². The van der Waals surface area contributed by atoms with Crippen LogP contribution in [0, 0.1) is 5.92 Å². The Kier molecular flexibility index (Phi) is 5.33. The highest BCUT2D eigenvalue weighted by Crippen LogP contribution is 2.29. The van der Waals surface area contributed by atoms with Crippen molar-refractivity contribution in [3.8, 4) is 5.75 Å². The van der Waals surface area contributed by atoms with Gasteiger partial charge in [0.2, 0.25) is 5.91 Å². The number of hydrogen-bond donors (Lipinski definition) is 1. The second-order valence-electron chi connectivity index (χ2n) is 7.73. The van der Waals surface area contributed by atoms with E-state index in [1.807, 2.05) is 30.3 Å². The molecule has 5 heteroatoms. The average Bonchev–Trinajstić information content (AvgIpc) is 3.50. The molecule has 28 heavy (non-hydrogen) atoms. The Morgan fingerprint density at radius 3 is 2.64 bits per heavy atom. The maximum atomic E-state index is 12.0. The normalized spacial score (nSPS) is 13.8. The molecule has 0 radical (unpaired) electrons. The molecule has 0 atom stereocenters. The molecule has 1 aliphatic rings. The van der Waals surface area contributed by atoms with Crippen LogP contribution in [0.4, 0.5) is 0 Å². The molecule has 1 N–H and O–H groups in total. The molecule has 1 aromatic heterocycles. The highest BCUT2D eigenvalue weighted by Gasteiger charge is 2.29. The Hall–Kier alpha value is -2.82. The minimum atomic E-state index is 0.139. The number of aromatic nitrogens is 2. The van der Waals surface area contributed by atoms with Crippen molar-refractivity contribution in [3.05, 3.63) is 59.9 Å². The van der Waals surface area contributed by atoms with Crippen molar-refractivity contribution in [2.75, 3.05) is 6.61 Å². The molecule has 5 nitrogen and oxygen atoms in total. The number of fused-ring (bicyclic) bond motifs is 1. The molecule has 4 rings (SSSR count). The minimum Gasteiger partial charge on any atom is -0.492 e. The SMILES string of the molecule is CC(C)c1ccc(OCCn2c(CNC(=O)C3CC3)nc3ccccc32)cc1. The van der Waals surface area contributed by atoms with Gasteiger partial charge < -0.3 is 14.6 Å². The summed E-state index contributed by atoms with van der Waals surface area (Å²) < 4.78 is 8.10. The number of amides is 1. The molecular weight excluding hydrogens is 350 g/mol. The van der Waals surface area contributed by atoms with Crippen LogP contribution in [-0.2, 0) is 17.9 Å². The van der Waals surface area contributed by atoms with Crippen molar-refractivity contribution in [3.63, 3.8) is 0 Å². The smallest absolute Gasteiger partial charge is 0.223 e. The number of carbonyl (C=O) groups excluding carboxylic acids is 1. The maximum Gasteiger partial charge on any atom is 0.223 e. The summed E-state index contributed by atoms with van der Waals surface area (Å²) >= 11 is 0. The molecule has 0 spiro atoms. The predicted octanol–water partition coefficient (Wildman–Crippen LogP) is 4.26. The second kappa shape index (κ2) is 8.05. The fourth-order valence-electron chi connectivity index (χ4n) is 3.37. The number of hydrogen-bond acceptors (Lipinski definition) is 3. The van der Waals surface area contributed by atoms with E-state index in [0.717, 1.165) is 35.4 Å². The summed E-state index contributed by atoms with van der Waals surface area (Å²) in [7, 11) is 0. The van der Waals surface area contributed by atoms with Crippen molar-refractivity contribution in [1.29, 1.82) is 0 Å². The first-order valence-corrected chi connectivity index (χ1v) is 10.1. The zero-order chi connectivity index (χ0) is 19.5. The Balaban J connectivity index is 1.44. The number of benzene rings is 2. The predicted molar refractivity (Wildman–Crippen MR) is 110 cm³/mol. The van der Waals surface area contributed by atoms with Crippen LogP contribution in [0.25, 0.3) is 11.0 Å². The van der Waals surface area contributed by atoms with Crippen LogP contribution < -0.4 is 10.1 Å². The van der Waals surface area contributed by atoms with Gasteiger partial charge in [-0.15, -0.1) is 0 Å². The number of imidazole rings is 1. The summed E-state index contributed by atoms with van der Waals surface area (Å²) in [5.41, 5.74) is 3.32. The van der Waals surface area contributed by atoms with Gasteiger partial charge in [0.05, 0.1) is 24.1 Å². The molecular formula is C23H27N3O2. The molecule has 1 fully saturated rings. The number of carbonyl (C=O) groups is 1. The zero-order valence-corrected chi connectivity index (χ0v) is 16.5. The third kappa shape index (κ3) is 4.19. The molecule has 1 saturated carbocycles. The topological polar surface area (TPSA) is 56.1 Å². The fourth-order valence-corrected chi connectivity index (χ4v) is 3.37. The molecule has 2 aromatic carbocycles. The Labute approximate surface area is 165 Å². The summed E-state index contributed by atoms with van der Waals surface area (Å²) in [6, 6.07) is 16.3. The van der Waals surface area contributed by atoms with Gasteiger partial charge in [0.15, 0.2) is 0 Å². The second-order valence-corrected chi connectivity index (χ2v) is 7.73. The third-order valence-electron chi connectivity index (χ3n) is 5.23. The standard InChI is InChI=1S/C23H27N3O2/c1-16(2)17-9-11-19(12-10-17)28-14-13-26-21-6-4-3-5-20(21)25-22(26)15-24-23(27)18-7-8-18/h3-6,9-12,16,18H,7-8,13-15H2,1-2H3,(H,24,27). The molecule has 0 unspecified atom stereocenters. The lowest BCUT2D eigenvalue weighted by atomic mass is 10.0. The van der Waals surface area contributed by atoms with E-state index in [9.17, 15) is 4.79 Å². The van der Waals surface area contributed by atoms with Crippen LogP contribution in [0.2, 0.25) is 0 Å². The summed E-state index contributed by atoms with van der Waals surface area (Å²) in [5, 5.41) is 3.02. The maximum absolute atomic E-state index is 12.0. The van der Waals surface area contributed by atoms with Crippen LogP contribution in [0.3, 0.4) is 0 Å². The first kappa shape index (κ1) is 18.5. The molecule has 1 amide bonds. The quantitative estimate of drug-likeness (QED) is 0.638. The lowest BCUT2D eigenvalue weighted by molar-refractivity contribution is -0.122. The van der Waals surface area contributed by atoms with Crippen molar-refractivity contribution in [2.45, 2.75) is 45.7 Å². The number of para-hydroxylation sites is 2. The lowest BCUT2D eigenvalue weighted by Gasteiger charge is -2.12. The van der Waals surface area contributed by atoms with Crippen LogP contribution >= 0.6 is 0 Å². The number of nitrogens with one attached hydrogen (secondary N) is 1. The van der Waals surface area contributed by atoms with Crippen LogP contribution in [-0.4, -0.2) is 22.1 Å². The Morgan fingerprint density at radius 1 is 1.18 bits per heavy atom. The Morgan fingerprint density at radius 2 is 1.93 bits per heavy atom. The van der Waals surface area contributed by atoms with E-state index in [4.69, 9.17) is 9.72 Å². The zero-order valence-electron chi connectivity index (χ0n) is 16.5. The van der Waals surface area contributed by atoms with Gasteiger partial charge in [-0.2, -0.15) is 0 Å². The van der Waals surface area contributed by atoms with Gasteiger partial charge in [-0.1, -0.05) is 38.1 Å². The number of nitrogens with zero attached hydrogens (tertiary/aromatic N) is 2. The minimum absolute atomic E-state index is 0.139. The fraction of sp³-hybridized carbons (Fsp3) is 0.391. The molecule has 146 valence electrons. The molecule has 1 heterocycles. The van der Waals surface area contributed by atoms with Crippen molar-refractivity contribution >= 4 is 16.9 Å². The average molecular weight is 377 g/mol. The molecule has 0 bridgehead atoms. The molecule has 1 aliphatic carbocycles. The van der Waals surface area contributed by atoms with Gasteiger partial charge in [-0.3, -0.25) is 4.79 Å². The van der Waals surface area contributed by atoms with E-state index in [-0.39, 0.29) is 11.8 Å². The van der Waals surface area contributed by atoms with Gasteiger partial charge in [-0.25, -0.2) is 4.98 Å². The van der Waals surface area contributed by atoms with E-state index in [0.29, 0.717) is 25.6 Å². The third-order valence-corrected chi connectivity index (χ3v) is 5.23. The summed E-state index contributed by atoms with van der Waals surface area (Å²) in [6.07, 6.45) is 2.01. The van der Waals surface area contributed by atoms with Gasteiger partial charge in [0.1, 0.15) is 18.2 Å². The van der Waals surface area contributed by atoms with E-state index in [1.165, 1.54) is 5.56 Å². The summed E-state index contributed by atoms with van der Waals surface area (Å²) in [5.74, 6) is 2.60. The van der Waals surface area contributed by atoms with E-state index < -0.39 is 0 Å². The lowest BCUT2D eigenvalue weighted by Crippen LogP contribution is -2.26. The van der Waals surface area contributed by atoms with Crippen LogP contribution in [0.15, 0.2) is 48.5 Å². The largest absolute Gasteiger partial charge is 0.492 e. The monoisotopic (exact) mass is 377 g/mol. The van der Waals surface area contributed by atoms with Crippen LogP contribution in [0.5, 0.6) is 5.75 Å². The summed E-state index contributed by atoms with van der Waals surface area (Å²) in [4.78, 5) is 16.7. The van der Waals surface area contributed by atoms with Gasteiger partial charge in [-0.05, 0) is 48.6 Å². The van der Waals surface area contributed by atoms with Crippen molar-refractivity contribution in [2.24, 2.45) is 5.92 Å². The highest BCUT2D eigenvalue weighted by atomic mass is 16.5. The van der Waals surface area contributed by atoms with Crippen molar-refractivity contribution in [1.82, 2.24) is 14.9 Å². The Bertz CT molecular complexity index is 956. The first-order chi connectivity index (χ1) is 13.6. The number of ether oxygens (including phenoxy) is 1. The van der Waals surface area contributed by atoms with Gasteiger partial charge >= 0.3 is 0 Å². The highest BCUT2D eigenvalue weighted by molar-refractivity contribution is 5.81.